The van der Waals surface area contributed by atoms with Crippen LogP contribution in [0.3, 0.4) is 0 Å². The fourth-order valence-electron chi connectivity index (χ4n) is 5.03. The molecule has 5 nitrogen and oxygen atoms in total. The van der Waals surface area contributed by atoms with E-state index < -0.39 is 11.7 Å². The van der Waals surface area contributed by atoms with Gasteiger partial charge in [0.25, 0.3) is 5.91 Å². The van der Waals surface area contributed by atoms with Crippen LogP contribution in [-0.4, -0.2) is 50.2 Å². The monoisotopic (exact) mass is 477 g/mol. The maximum Gasteiger partial charge on any atom is 0.417 e. The van der Waals surface area contributed by atoms with Crippen molar-refractivity contribution in [2.45, 2.75) is 26.4 Å². The molecule has 3 heterocycles. The normalized spacial score (nSPS) is 22.8. The fraction of sp³-hybridized carbons (Fsp3) is 0.500. The van der Waals surface area contributed by atoms with Gasteiger partial charge in [-0.05, 0) is 56.5 Å². The Morgan fingerprint density at radius 2 is 2.09 bits per heavy atom. The van der Waals surface area contributed by atoms with Crippen LogP contribution in [0, 0.1) is 29.6 Å². The molecule has 1 amide bonds. The number of halogens is 3. The van der Waals surface area contributed by atoms with Crippen molar-refractivity contribution in [2.75, 3.05) is 44.3 Å². The third kappa shape index (κ3) is 4.59. The van der Waals surface area contributed by atoms with E-state index in [1.165, 1.54) is 17.4 Å². The largest absolute Gasteiger partial charge is 0.417 e. The molecular formula is C24H26F3N3O2S. The fourth-order valence-corrected chi connectivity index (χ4v) is 5.87. The molecule has 1 aromatic heterocycles. The van der Waals surface area contributed by atoms with Gasteiger partial charge in [-0.1, -0.05) is 0 Å². The van der Waals surface area contributed by atoms with Gasteiger partial charge in [0.05, 0.1) is 28.7 Å². The van der Waals surface area contributed by atoms with Crippen LogP contribution in [0.15, 0.2) is 30.3 Å². The van der Waals surface area contributed by atoms with Crippen LogP contribution in [0.2, 0.25) is 0 Å². The second kappa shape index (κ2) is 8.99. The Labute approximate surface area is 195 Å². The number of piperidine rings is 1. The summed E-state index contributed by atoms with van der Waals surface area (Å²) >= 11 is 1.47. The van der Waals surface area contributed by atoms with Crippen LogP contribution >= 0.6 is 11.3 Å². The van der Waals surface area contributed by atoms with E-state index in [1.807, 2.05) is 35.8 Å². The second-order valence-corrected chi connectivity index (χ2v) is 10.1. The summed E-state index contributed by atoms with van der Waals surface area (Å²) in [7, 11) is 0. The Morgan fingerprint density at radius 1 is 1.30 bits per heavy atom. The van der Waals surface area contributed by atoms with Gasteiger partial charge in [-0.3, -0.25) is 4.79 Å². The van der Waals surface area contributed by atoms with Crippen molar-refractivity contribution >= 4 is 22.9 Å². The molecule has 9 heteroatoms. The number of carbonyl (C=O) groups excluding carboxylic acids is 1. The highest BCUT2D eigenvalue weighted by Gasteiger charge is 2.51. The summed E-state index contributed by atoms with van der Waals surface area (Å²) in [5.41, 5.74) is -1.21. The molecular weight excluding hydrogens is 451 g/mol. The minimum Gasteiger partial charge on any atom is -0.381 e. The molecule has 1 aromatic carbocycles. The lowest BCUT2D eigenvalue weighted by atomic mass is 9.74. The number of nitriles is 1. The zero-order valence-electron chi connectivity index (χ0n) is 18.6. The first-order valence-electron chi connectivity index (χ1n) is 11.0. The summed E-state index contributed by atoms with van der Waals surface area (Å²) in [4.78, 5) is 18.7. The average Bonchev–Trinajstić information content (AvgIpc) is 3.39. The van der Waals surface area contributed by atoms with Crippen molar-refractivity contribution in [1.29, 1.82) is 5.26 Å². The molecule has 0 aliphatic carbocycles. The van der Waals surface area contributed by atoms with Gasteiger partial charge in [0.2, 0.25) is 0 Å². The Bertz CT molecular complexity index is 1080. The van der Waals surface area contributed by atoms with E-state index in [-0.39, 0.29) is 22.8 Å². The lowest BCUT2D eigenvalue weighted by molar-refractivity contribution is -0.137. The predicted octanol–water partition coefficient (Wildman–Crippen LogP) is 4.95. The Balaban J connectivity index is 1.61. The van der Waals surface area contributed by atoms with E-state index in [4.69, 9.17) is 10.00 Å². The van der Waals surface area contributed by atoms with Gasteiger partial charge in [-0.25, -0.2) is 0 Å². The number of benzene rings is 1. The van der Waals surface area contributed by atoms with Crippen LogP contribution in [-0.2, 0) is 10.9 Å². The summed E-state index contributed by atoms with van der Waals surface area (Å²) in [6, 6.07) is 9.31. The third-order valence-electron chi connectivity index (χ3n) is 6.69. The van der Waals surface area contributed by atoms with Crippen molar-refractivity contribution < 1.29 is 22.7 Å². The zero-order chi connectivity index (χ0) is 23.8. The smallest absolute Gasteiger partial charge is 0.381 e. The molecule has 2 aromatic rings. The van der Waals surface area contributed by atoms with Crippen LogP contribution < -0.4 is 4.90 Å². The topological polar surface area (TPSA) is 56.6 Å². The number of alkyl halides is 3. The SMILES string of the molecule is CCOCC12CN(C(=O)c3ccc(C)s3)CCC1CN(c1ccc(C#N)c(C(F)(F)F)c1)C2. The highest BCUT2D eigenvalue weighted by molar-refractivity contribution is 7.13. The van der Waals surface area contributed by atoms with Crippen LogP contribution in [0.1, 0.15) is 39.0 Å². The van der Waals surface area contributed by atoms with E-state index in [1.54, 1.807) is 12.1 Å². The Kier molecular flexibility index (Phi) is 6.43. The van der Waals surface area contributed by atoms with Gasteiger partial charge >= 0.3 is 6.18 Å². The molecule has 0 N–H and O–H groups in total. The molecule has 0 spiro atoms. The molecule has 2 atom stereocenters. The van der Waals surface area contributed by atoms with Gasteiger partial charge in [0, 0.05) is 48.8 Å². The number of thiophene rings is 1. The molecule has 2 fully saturated rings. The highest BCUT2D eigenvalue weighted by Crippen LogP contribution is 2.45. The van der Waals surface area contributed by atoms with E-state index in [2.05, 4.69) is 0 Å². The number of carbonyl (C=O) groups is 1. The zero-order valence-corrected chi connectivity index (χ0v) is 19.4. The lowest BCUT2D eigenvalue weighted by Gasteiger charge is -2.43. The molecule has 0 saturated carbocycles. The molecule has 4 rings (SSSR count). The molecule has 0 radical (unpaired) electrons. The summed E-state index contributed by atoms with van der Waals surface area (Å²) in [6.45, 7) is 7.06. The van der Waals surface area contributed by atoms with Crippen molar-refractivity contribution in [2.24, 2.45) is 11.3 Å². The first-order chi connectivity index (χ1) is 15.7. The predicted molar refractivity (Wildman–Crippen MR) is 120 cm³/mol. The number of aryl methyl sites for hydroxylation is 1. The summed E-state index contributed by atoms with van der Waals surface area (Å²) in [5.74, 6) is 0.196. The molecule has 2 aliphatic heterocycles. The molecule has 33 heavy (non-hydrogen) atoms. The third-order valence-corrected chi connectivity index (χ3v) is 7.68. The molecule has 176 valence electrons. The molecule has 2 unspecified atom stereocenters. The number of rotatable bonds is 5. The lowest BCUT2D eigenvalue weighted by Crippen LogP contribution is -2.53. The van der Waals surface area contributed by atoms with Gasteiger partial charge < -0.3 is 14.5 Å². The Morgan fingerprint density at radius 3 is 2.73 bits per heavy atom. The number of hydrogen-bond donors (Lipinski definition) is 0. The summed E-state index contributed by atoms with van der Waals surface area (Å²) in [6.07, 6.45) is -3.83. The number of ether oxygens (including phenoxy) is 1. The summed E-state index contributed by atoms with van der Waals surface area (Å²) in [5, 5.41) is 9.10. The summed E-state index contributed by atoms with van der Waals surface area (Å²) < 4.78 is 46.4. The maximum absolute atomic E-state index is 13.5. The van der Waals surface area contributed by atoms with Crippen LogP contribution in [0.4, 0.5) is 18.9 Å². The van der Waals surface area contributed by atoms with Gasteiger partial charge in [0.1, 0.15) is 0 Å². The van der Waals surface area contributed by atoms with E-state index in [0.717, 1.165) is 17.4 Å². The van der Waals surface area contributed by atoms with E-state index >= 15 is 0 Å². The first kappa shape index (κ1) is 23.6. The number of anilines is 1. The first-order valence-corrected chi connectivity index (χ1v) is 11.8. The maximum atomic E-state index is 13.5. The van der Waals surface area contributed by atoms with Gasteiger partial charge in [-0.2, -0.15) is 18.4 Å². The number of hydrogen-bond acceptors (Lipinski definition) is 5. The minimum absolute atomic E-state index is 0.00129. The van der Waals surface area contributed by atoms with E-state index in [0.29, 0.717) is 50.0 Å². The minimum atomic E-state index is -4.60. The number of likely N-dealkylation sites (tertiary alicyclic amines) is 1. The van der Waals surface area contributed by atoms with Crippen molar-refractivity contribution in [3.8, 4) is 6.07 Å². The quantitative estimate of drug-likeness (QED) is 0.611. The number of fused-ring (bicyclic) bond motifs is 1. The van der Waals surface area contributed by atoms with Gasteiger partial charge in [0.15, 0.2) is 0 Å². The highest BCUT2D eigenvalue weighted by atomic mass is 32.1. The Hall–Kier alpha value is -2.57. The van der Waals surface area contributed by atoms with Crippen LogP contribution in [0.5, 0.6) is 0 Å². The average molecular weight is 478 g/mol. The van der Waals surface area contributed by atoms with E-state index in [9.17, 15) is 18.0 Å². The molecule has 2 saturated heterocycles. The molecule has 2 aliphatic rings. The van der Waals surface area contributed by atoms with Gasteiger partial charge in [-0.15, -0.1) is 11.3 Å². The van der Waals surface area contributed by atoms with Crippen LogP contribution in [0.25, 0.3) is 0 Å². The van der Waals surface area contributed by atoms with Crippen molar-refractivity contribution in [3.63, 3.8) is 0 Å². The van der Waals surface area contributed by atoms with Crippen molar-refractivity contribution in [1.82, 2.24) is 4.90 Å². The standard InChI is InChI=1S/C24H26F3N3O2S/c1-3-32-15-23-13-29(22(31)21-7-4-16(2)33-21)9-8-18(23)12-30(14-23)19-6-5-17(11-28)20(10-19)24(25,26)27/h4-7,10,18H,3,8-9,12-15H2,1-2H3. The second-order valence-electron chi connectivity index (χ2n) is 8.84. The number of amides is 1. The number of nitrogens with zero attached hydrogens (tertiary/aromatic N) is 3. The molecule has 0 bridgehead atoms. The van der Waals surface area contributed by atoms with Crippen molar-refractivity contribution in [3.05, 3.63) is 51.2 Å².